The highest BCUT2D eigenvalue weighted by atomic mass is 16.3. The zero-order valence-corrected chi connectivity index (χ0v) is 24.0. The predicted octanol–water partition coefficient (Wildman–Crippen LogP) is 4.03. The number of aromatic hydroxyl groups is 1. The molecule has 1 aromatic heterocycles. The van der Waals surface area contributed by atoms with Crippen LogP contribution in [0.3, 0.4) is 0 Å². The van der Waals surface area contributed by atoms with E-state index in [0.717, 1.165) is 22.0 Å². The molecular weight excluding hydrogens is 544 g/mol. The molecule has 6 rings (SSSR count). The van der Waals surface area contributed by atoms with Crippen LogP contribution in [0.1, 0.15) is 36.1 Å². The Morgan fingerprint density at radius 2 is 1.81 bits per heavy atom. The summed E-state index contributed by atoms with van der Waals surface area (Å²) >= 11 is 0. The van der Waals surface area contributed by atoms with E-state index in [2.05, 4.69) is 10.3 Å². The number of urea groups is 1. The number of para-hydroxylation sites is 1. The average molecular weight is 579 g/mol. The van der Waals surface area contributed by atoms with Crippen molar-refractivity contribution in [2.24, 2.45) is 0 Å². The SMILES string of the molecule is CCCN(C(=O)NCc1ccccc1)N1CC(=O)N2[C@@H](c3cccc(O)c3)C(=O)N(Cc3cccc4cccnc34)C[C@@H]21. The topological polar surface area (TPSA) is 109 Å². The van der Waals surface area contributed by atoms with Gasteiger partial charge in [-0.25, -0.2) is 4.79 Å². The van der Waals surface area contributed by atoms with Crippen LogP contribution in [-0.4, -0.2) is 73.6 Å². The number of hydrazine groups is 1. The number of rotatable bonds is 8. The van der Waals surface area contributed by atoms with Gasteiger partial charge in [-0.1, -0.05) is 73.7 Å². The molecule has 220 valence electrons. The third-order valence-corrected chi connectivity index (χ3v) is 7.99. The summed E-state index contributed by atoms with van der Waals surface area (Å²) < 4.78 is 0. The number of benzene rings is 3. The number of hydrogen-bond donors (Lipinski definition) is 2. The van der Waals surface area contributed by atoms with Crippen molar-refractivity contribution >= 4 is 28.7 Å². The van der Waals surface area contributed by atoms with Crippen LogP contribution < -0.4 is 5.32 Å². The van der Waals surface area contributed by atoms with Crippen LogP contribution in [0.4, 0.5) is 4.79 Å². The molecule has 2 saturated heterocycles. The molecule has 2 N–H and O–H groups in total. The van der Waals surface area contributed by atoms with Gasteiger partial charge in [0.25, 0.3) is 5.91 Å². The van der Waals surface area contributed by atoms with Gasteiger partial charge in [-0.2, -0.15) is 5.01 Å². The number of nitrogens with one attached hydrogen (secondary N) is 1. The Kier molecular flexibility index (Phi) is 7.93. The lowest BCUT2D eigenvalue weighted by atomic mass is 9.99. The van der Waals surface area contributed by atoms with Crippen LogP contribution in [0.15, 0.2) is 91.1 Å². The van der Waals surface area contributed by atoms with Gasteiger partial charge in [-0.15, -0.1) is 0 Å². The molecule has 0 bridgehead atoms. The second kappa shape index (κ2) is 12.1. The van der Waals surface area contributed by atoms with Crippen molar-refractivity contribution in [3.05, 3.63) is 108 Å². The smallest absolute Gasteiger partial charge is 0.332 e. The first-order chi connectivity index (χ1) is 20.9. The van der Waals surface area contributed by atoms with E-state index < -0.39 is 12.2 Å². The van der Waals surface area contributed by atoms with E-state index in [4.69, 9.17) is 0 Å². The van der Waals surface area contributed by atoms with Gasteiger partial charge < -0.3 is 20.2 Å². The normalized spacial score (nSPS) is 18.6. The average Bonchev–Trinajstić information content (AvgIpc) is 3.34. The summed E-state index contributed by atoms with van der Waals surface area (Å²) in [6.45, 7) is 3.16. The standard InChI is InChI=1S/C33H34N6O4/c1-2-17-37(33(43)35-19-23-9-4-3-5-10-23)38-22-29(41)39-28(38)21-36(32(42)31(39)25-12-7-15-27(40)18-25)20-26-13-6-11-24-14-8-16-34-30(24)26/h3-16,18,28,31,40H,2,17,19-22H2,1H3,(H,35,43)/t28-,31+/m1/s1. The lowest BCUT2D eigenvalue weighted by Crippen LogP contribution is -2.62. The van der Waals surface area contributed by atoms with Crippen molar-refractivity contribution in [1.82, 2.24) is 30.1 Å². The number of carbonyl (C=O) groups is 3. The summed E-state index contributed by atoms with van der Waals surface area (Å²) in [5.74, 6) is -0.496. The van der Waals surface area contributed by atoms with Crippen LogP contribution in [0.25, 0.3) is 10.9 Å². The molecule has 43 heavy (non-hydrogen) atoms. The van der Waals surface area contributed by atoms with Gasteiger partial charge in [0.1, 0.15) is 18.0 Å². The lowest BCUT2D eigenvalue weighted by Gasteiger charge is -2.46. The molecule has 4 amide bonds. The van der Waals surface area contributed by atoms with E-state index in [1.807, 2.05) is 67.6 Å². The first-order valence-electron chi connectivity index (χ1n) is 14.5. The fourth-order valence-corrected chi connectivity index (χ4v) is 6.02. The van der Waals surface area contributed by atoms with Crippen LogP contribution in [-0.2, 0) is 22.7 Å². The number of carbonyl (C=O) groups excluding carboxylic acids is 3. The summed E-state index contributed by atoms with van der Waals surface area (Å²) in [7, 11) is 0. The second-order valence-corrected chi connectivity index (χ2v) is 10.9. The molecule has 2 aliphatic heterocycles. The molecule has 0 unspecified atom stereocenters. The van der Waals surface area contributed by atoms with E-state index in [-0.39, 0.29) is 43.2 Å². The Morgan fingerprint density at radius 1 is 1.02 bits per heavy atom. The molecule has 2 atom stereocenters. The first-order valence-corrected chi connectivity index (χ1v) is 14.5. The Labute approximate surface area is 250 Å². The summed E-state index contributed by atoms with van der Waals surface area (Å²) in [5.41, 5.74) is 3.17. The molecule has 4 aromatic rings. The van der Waals surface area contributed by atoms with Crippen molar-refractivity contribution in [2.45, 2.75) is 38.6 Å². The summed E-state index contributed by atoms with van der Waals surface area (Å²) in [5, 5.41) is 17.6. The number of pyridine rings is 1. The Balaban J connectivity index is 1.34. The van der Waals surface area contributed by atoms with E-state index in [1.54, 1.807) is 38.1 Å². The van der Waals surface area contributed by atoms with Crippen molar-refractivity contribution in [1.29, 1.82) is 0 Å². The number of phenolic OH excluding ortho intramolecular Hbond substituents is 1. The minimum Gasteiger partial charge on any atom is -0.508 e. The molecule has 0 spiro atoms. The molecule has 10 nitrogen and oxygen atoms in total. The van der Waals surface area contributed by atoms with Crippen LogP contribution >= 0.6 is 0 Å². The molecule has 3 heterocycles. The number of fused-ring (bicyclic) bond motifs is 2. The minimum atomic E-state index is -0.956. The van der Waals surface area contributed by atoms with E-state index in [1.165, 1.54) is 12.1 Å². The highest BCUT2D eigenvalue weighted by molar-refractivity contribution is 5.93. The molecular formula is C33H34N6O4. The van der Waals surface area contributed by atoms with Gasteiger partial charge in [0, 0.05) is 31.2 Å². The largest absolute Gasteiger partial charge is 0.508 e. The van der Waals surface area contributed by atoms with Gasteiger partial charge in [0.15, 0.2) is 0 Å². The monoisotopic (exact) mass is 578 g/mol. The second-order valence-electron chi connectivity index (χ2n) is 10.9. The maximum atomic E-state index is 14.2. The third kappa shape index (κ3) is 5.61. The van der Waals surface area contributed by atoms with Crippen LogP contribution in [0.2, 0.25) is 0 Å². The van der Waals surface area contributed by atoms with Gasteiger partial charge in [-0.05, 0) is 41.3 Å². The first kappa shape index (κ1) is 28.2. The maximum Gasteiger partial charge on any atom is 0.332 e. The van der Waals surface area contributed by atoms with Crippen LogP contribution in [0, 0.1) is 0 Å². The third-order valence-electron chi connectivity index (χ3n) is 7.99. The van der Waals surface area contributed by atoms with Gasteiger partial charge in [-0.3, -0.25) is 19.6 Å². The molecule has 0 saturated carbocycles. The van der Waals surface area contributed by atoms with Gasteiger partial charge >= 0.3 is 6.03 Å². The number of hydrogen-bond acceptors (Lipinski definition) is 6. The minimum absolute atomic E-state index is 0.00799. The Morgan fingerprint density at radius 3 is 2.60 bits per heavy atom. The number of phenols is 1. The van der Waals surface area contributed by atoms with Crippen molar-refractivity contribution in [3.63, 3.8) is 0 Å². The quantitative estimate of drug-likeness (QED) is 0.327. The van der Waals surface area contributed by atoms with Crippen LogP contribution in [0.5, 0.6) is 5.75 Å². The number of amides is 4. The van der Waals surface area contributed by atoms with Gasteiger partial charge in [0.05, 0.1) is 18.6 Å². The molecule has 2 aliphatic rings. The van der Waals surface area contributed by atoms with E-state index in [9.17, 15) is 19.5 Å². The summed E-state index contributed by atoms with van der Waals surface area (Å²) in [4.78, 5) is 49.3. The molecule has 3 aromatic carbocycles. The highest BCUT2D eigenvalue weighted by Crippen LogP contribution is 2.37. The molecule has 10 heteroatoms. The maximum absolute atomic E-state index is 14.2. The Hall–Kier alpha value is -4.96. The predicted molar refractivity (Wildman–Crippen MR) is 161 cm³/mol. The number of nitrogens with zero attached hydrogens (tertiary/aromatic N) is 5. The molecule has 2 fully saturated rings. The Bertz CT molecular complexity index is 1640. The zero-order valence-electron chi connectivity index (χ0n) is 24.0. The van der Waals surface area contributed by atoms with Crippen molar-refractivity contribution < 1.29 is 19.5 Å². The lowest BCUT2D eigenvalue weighted by molar-refractivity contribution is -0.158. The molecule has 0 radical (unpaired) electrons. The highest BCUT2D eigenvalue weighted by Gasteiger charge is 2.52. The number of aromatic nitrogens is 1. The molecule has 0 aliphatic carbocycles. The number of piperazine rings is 1. The zero-order chi connectivity index (χ0) is 29.9. The fourth-order valence-electron chi connectivity index (χ4n) is 6.02. The fraction of sp³-hybridized carbons (Fsp3) is 0.273. The van der Waals surface area contributed by atoms with Crippen molar-refractivity contribution in [2.75, 3.05) is 19.6 Å². The van der Waals surface area contributed by atoms with Gasteiger partial charge in [0.2, 0.25) is 5.91 Å². The van der Waals surface area contributed by atoms with Crippen molar-refractivity contribution in [3.8, 4) is 5.75 Å². The van der Waals surface area contributed by atoms with E-state index >= 15 is 0 Å². The summed E-state index contributed by atoms with van der Waals surface area (Å²) in [6, 6.07) is 24.6. The van der Waals surface area contributed by atoms with E-state index in [0.29, 0.717) is 25.1 Å². The summed E-state index contributed by atoms with van der Waals surface area (Å²) in [6.07, 6.45) is 1.82.